The molecule has 0 heterocycles. The van der Waals surface area contributed by atoms with Crippen LogP contribution in [-0.2, 0) is 25.1 Å². The number of nitrogens with one attached hydrogen (secondary N) is 1. The van der Waals surface area contributed by atoms with Gasteiger partial charge in [-0.25, -0.2) is 0 Å². The molecule has 1 fully saturated rings. The van der Waals surface area contributed by atoms with Crippen molar-refractivity contribution in [1.29, 1.82) is 0 Å². The molecule has 0 aromatic carbocycles. The van der Waals surface area contributed by atoms with Gasteiger partial charge in [-0.3, -0.25) is 13.8 Å². The molecule has 5 nitrogen and oxygen atoms in total. The Morgan fingerprint density at radius 3 is 2.42 bits per heavy atom. The van der Waals surface area contributed by atoms with Crippen LogP contribution in [0, 0.1) is 0 Å². The van der Waals surface area contributed by atoms with Gasteiger partial charge in [-0.05, 0) is 19.8 Å². The summed E-state index contributed by atoms with van der Waals surface area (Å²) in [5.74, 6) is -0.578. The minimum Gasteiger partial charge on any atom is -0.469 e. The van der Waals surface area contributed by atoms with Crippen LogP contribution in [0.25, 0.3) is 0 Å². The Morgan fingerprint density at radius 2 is 1.89 bits per heavy atom. The zero-order valence-electron chi connectivity index (χ0n) is 11.8. The van der Waals surface area contributed by atoms with E-state index in [0.29, 0.717) is 0 Å². The highest BCUT2D eigenvalue weighted by molar-refractivity contribution is 7.87. The molecule has 1 amide bonds. The van der Waals surface area contributed by atoms with Gasteiger partial charge in [0.05, 0.1) is 13.5 Å². The van der Waals surface area contributed by atoms with Gasteiger partial charge in [0, 0.05) is 22.1 Å². The van der Waals surface area contributed by atoms with Gasteiger partial charge in [-0.15, -0.1) is 0 Å². The highest BCUT2D eigenvalue weighted by atomic mass is 32.2. The fraction of sp³-hybridized carbons (Fsp3) is 0.846. The number of rotatable bonds is 6. The van der Waals surface area contributed by atoms with E-state index in [1.165, 1.54) is 7.11 Å². The van der Waals surface area contributed by atoms with Crippen LogP contribution in [0.5, 0.6) is 0 Å². The first-order chi connectivity index (χ1) is 8.95. The van der Waals surface area contributed by atoms with E-state index in [4.69, 9.17) is 0 Å². The molecule has 0 bridgehead atoms. The largest absolute Gasteiger partial charge is 0.469 e. The van der Waals surface area contributed by atoms with Crippen LogP contribution < -0.4 is 5.32 Å². The zero-order chi connectivity index (χ0) is 14.4. The van der Waals surface area contributed by atoms with Crippen LogP contribution in [0.1, 0.15) is 46.0 Å². The zero-order valence-corrected chi connectivity index (χ0v) is 12.6. The first kappa shape index (κ1) is 16.1. The Kier molecular flexibility index (Phi) is 6.48. The highest BCUT2D eigenvalue weighted by Crippen LogP contribution is 2.18. The molecule has 1 aliphatic carbocycles. The summed E-state index contributed by atoms with van der Waals surface area (Å²) in [7, 11) is -0.0748. The number of hydrogen-bond donors (Lipinski definition) is 1. The van der Waals surface area contributed by atoms with Crippen LogP contribution in [0.15, 0.2) is 0 Å². The molecule has 0 spiro atoms. The normalized spacial score (nSPS) is 20.6. The average molecular weight is 289 g/mol. The Morgan fingerprint density at radius 1 is 1.32 bits per heavy atom. The van der Waals surface area contributed by atoms with E-state index >= 15 is 0 Å². The summed E-state index contributed by atoms with van der Waals surface area (Å²) < 4.78 is 16.7. The third-order valence-corrected chi connectivity index (χ3v) is 5.37. The van der Waals surface area contributed by atoms with Crippen molar-refractivity contribution >= 4 is 22.7 Å². The van der Waals surface area contributed by atoms with Crippen molar-refractivity contribution in [3.05, 3.63) is 0 Å². The molecule has 1 saturated carbocycles. The predicted octanol–water partition coefficient (Wildman–Crippen LogP) is 1.13. The van der Waals surface area contributed by atoms with Crippen molar-refractivity contribution in [3.63, 3.8) is 0 Å². The van der Waals surface area contributed by atoms with Crippen LogP contribution >= 0.6 is 0 Å². The van der Waals surface area contributed by atoms with Gasteiger partial charge in [0.15, 0.2) is 0 Å². The Hall–Kier alpha value is -0.910. The fourth-order valence-electron chi connectivity index (χ4n) is 2.24. The van der Waals surface area contributed by atoms with Crippen LogP contribution in [0.2, 0.25) is 0 Å². The number of carbonyl (C=O) groups is 2. The first-order valence-corrected chi connectivity index (χ1v) is 8.00. The van der Waals surface area contributed by atoms with Crippen LogP contribution in [-0.4, -0.2) is 39.7 Å². The average Bonchev–Trinajstić information content (AvgIpc) is 2.89. The van der Waals surface area contributed by atoms with Gasteiger partial charge in [-0.1, -0.05) is 19.8 Å². The van der Waals surface area contributed by atoms with Crippen molar-refractivity contribution < 1.29 is 18.5 Å². The van der Waals surface area contributed by atoms with E-state index in [2.05, 4.69) is 10.1 Å². The second kappa shape index (κ2) is 7.62. The van der Waals surface area contributed by atoms with E-state index in [1.54, 1.807) is 13.8 Å². The summed E-state index contributed by atoms with van der Waals surface area (Å²) in [6, 6.07) is 0.225. The lowest BCUT2D eigenvalue weighted by atomic mass is 10.2. The molecule has 1 rings (SSSR count). The third-order valence-electron chi connectivity index (χ3n) is 3.50. The van der Waals surface area contributed by atoms with E-state index in [-0.39, 0.29) is 23.6 Å². The van der Waals surface area contributed by atoms with Gasteiger partial charge in [-0.2, -0.15) is 0 Å². The molecule has 19 heavy (non-hydrogen) atoms. The summed E-state index contributed by atoms with van der Waals surface area (Å²) in [5, 5.41) is 1.96. The summed E-state index contributed by atoms with van der Waals surface area (Å²) in [6.45, 7) is 3.35. The molecule has 1 N–H and O–H groups in total. The van der Waals surface area contributed by atoms with E-state index < -0.39 is 22.0 Å². The van der Waals surface area contributed by atoms with E-state index in [0.717, 1.165) is 25.7 Å². The van der Waals surface area contributed by atoms with Crippen molar-refractivity contribution in [2.75, 3.05) is 7.11 Å². The maximum atomic E-state index is 12.2. The van der Waals surface area contributed by atoms with Crippen molar-refractivity contribution in [1.82, 2.24) is 5.32 Å². The van der Waals surface area contributed by atoms with Gasteiger partial charge in [0.1, 0.15) is 5.25 Å². The smallest absolute Gasteiger partial charge is 0.306 e. The summed E-state index contributed by atoms with van der Waals surface area (Å²) in [4.78, 5) is 23.1. The van der Waals surface area contributed by atoms with E-state index in [1.807, 2.05) is 0 Å². The minimum atomic E-state index is -1.37. The lowest BCUT2D eigenvalue weighted by Gasteiger charge is -2.19. The predicted molar refractivity (Wildman–Crippen MR) is 74.1 cm³/mol. The SMILES string of the molecule is COC(=O)CC(C)S(=O)C(C)C(=O)NC1CCCC1. The summed E-state index contributed by atoms with van der Waals surface area (Å²) in [5.41, 5.74) is 0. The quantitative estimate of drug-likeness (QED) is 0.744. The molecule has 0 aromatic heterocycles. The lowest BCUT2D eigenvalue weighted by molar-refractivity contribution is -0.140. The number of esters is 1. The summed E-state index contributed by atoms with van der Waals surface area (Å²) in [6.07, 6.45) is 4.36. The molecular weight excluding hydrogens is 266 g/mol. The minimum absolute atomic E-state index is 0.0736. The van der Waals surface area contributed by atoms with Crippen LogP contribution in [0.4, 0.5) is 0 Å². The highest BCUT2D eigenvalue weighted by Gasteiger charge is 2.28. The number of ether oxygens (including phenoxy) is 1. The standard InChI is InChI=1S/C13H23NO4S/c1-9(8-12(15)18-3)19(17)10(2)13(16)14-11-6-4-5-7-11/h9-11H,4-8H2,1-3H3,(H,14,16). The Bertz CT molecular complexity index is 353. The van der Waals surface area contributed by atoms with Crippen molar-refractivity contribution in [2.45, 2.75) is 62.5 Å². The molecule has 1 aliphatic rings. The topological polar surface area (TPSA) is 72.5 Å². The third kappa shape index (κ3) is 4.93. The molecule has 0 saturated heterocycles. The van der Waals surface area contributed by atoms with Gasteiger partial charge in [0.2, 0.25) is 5.91 Å². The second-order valence-electron chi connectivity index (χ2n) is 5.05. The van der Waals surface area contributed by atoms with E-state index in [9.17, 15) is 13.8 Å². The lowest BCUT2D eigenvalue weighted by Crippen LogP contribution is -2.42. The van der Waals surface area contributed by atoms with Crippen molar-refractivity contribution in [3.8, 4) is 0 Å². The monoisotopic (exact) mass is 289 g/mol. The Balaban J connectivity index is 2.45. The van der Waals surface area contributed by atoms with Crippen molar-refractivity contribution in [2.24, 2.45) is 0 Å². The second-order valence-corrected chi connectivity index (χ2v) is 7.22. The molecule has 110 valence electrons. The van der Waals surface area contributed by atoms with Gasteiger partial charge in [0.25, 0.3) is 0 Å². The van der Waals surface area contributed by atoms with Gasteiger partial charge >= 0.3 is 5.97 Å². The number of carbonyl (C=O) groups excluding carboxylic acids is 2. The molecule has 0 radical (unpaired) electrons. The molecule has 0 aliphatic heterocycles. The molecule has 3 unspecified atom stereocenters. The molecule has 0 aromatic rings. The fourth-order valence-corrected chi connectivity index (χ4v) is 3.52. The maximum absolute atomic E-state index is 12.2. The number of hydrogen-bond acceptors (Lipinski definition) is 4. The molecule has 3 atom stereocenters. The summed E-state index contributed by atoms with van der Waals surface area (Å²) >= 11 is 0. The molecule has 6 heteroatoms. The van der Waals surface area contributed by atoms with Crippen LogP contribution in [0.3, 0.4) is 0 Å². The van der Waals surface area contributed by atoms with Gasteiger partial charge < -0.3 is 10.1 Å². The molecular formula is C13H23NO4S. The first-order valence-electron chi connectivity index (χ1n) is 6.72. The Labute approximate surface area is 116 Å². The number of amides is 1. The number of methoxy groups -OCH3 is 1. The maximum Gasteiger partial charge on any atom is 0.306 e.